The van der Waals surface area contributed by atoms with Crippen molar-refractivity contribution in [3.8, 4) is 0 Å². The summed E-state index contributed by atoms with van der Waals surface area (Å²) in [4.78, 5) is 12.3. The summed E-state index contributed by atoms with van der Waals surface area (Å²) in [7, 11) is 0. The number of carbonyl (C=O) groups is 1. The van der Waals surface area contributed by atoms with Crippen molar-refractivity contribution < 1.29 is 4.79 Å². The molecule has 5 heteroatoms. The largest absolute Gasteiger partial charge is 0.329 e. The van der Waals surface area contributed by atoms with Crippen LogP contribution in [0.25, 0.3) is 0 Å². The molecule has 1 aromatic carbocycles. The minimum atomic E-state index is -0.378. The van der Waals surface area contributed by atoms with E-state index in [1.165, 1.54) is 0 Å². The van der Waals surface area contributed by atoms with E-state index in [4.69, 9.17) is 17.3 Å². The molecule has 1 fully saturated rings. The molecule has 0 heterocycles. The van der Waals surface area contributed by atoms with Gasteiger partial charge in [0.05, 0.1) is 5.41 Å². The maximum atomic E-state index is 12.3. The zero-order valence-electron chi connectivity index (χ0n) is 11.0. The first-order valence-electron chi connectivity index (χ1n) is 6.35. The maximum Gasteiger partial charge on any atom is 0.231 e. The molecule has 106 valence electrons. The molecule has 19 heavy (non-hydrogen) atoms. The number of amides is 1. The van der Waals surface area contributed by atoms with Gasteiger partial charge in [0.1, 0.15) is 0 Å². The lowest BCUT2D eigenvalue weighted by Crippen LogP contribution is -2.40. The molecule has 3 N–H and O–H groups in total. The molecule has 3 nitrogen and oxygen atoms in total. The number of halogens is 2. The van der Waals surface area contributed by atoms with E-state index in [-0.39, 0.29) is 23.7 Å². The van der Waals surface area contributed by atoms with Crippen LogP contribution in [-0.2, 0) is 4.79 Å². The number of rotatable bonds is 3. The number of hydrogen-bond donors (Lipinski definition) is 2. The van der Waals surface area contributed by atoms with E-state index in [0.717, 1.165) is 36.9 Å². The predicted molar refractivity (Wildman–Crippen MR) is 82.0 cm³/mol. The lowest BCUT2D eigenvalue weighted by atomic mass is 9.85. The second kappa shape index (κ2) is 6.60. The molecule has 1 aromatic rings. The Balaban J connectivity index is 0.00000180. The van der Waals surface area contributed by atoms with Gasteiger partial charge in [-0.05, 0) is 37.5 Å². The van der Waals surface area contributed by atoms with Crippen LogP contribution in [0.2, 0.25) is 5.02 Å². The number of hydrogen-bond acceptors (Lipinski definition) is 2. The Morgan fingerprint density at radius 3 is 2.58 bits per heavy atom. The molecule has 1 amide bonds. The average Bonchev–Trinajstić information content (AvgIpc) is 2.84. The van der Waals surface area contributed by atoms with Crippen LogP contribution in [0.4, 0.5) is 5.69 Å². The molecule has 0 saturated heterocycles. The summed E-state index contributed by atoms with van der Waals surface area (Å²) in [6.45, 7) is 2.35. The normalized spacial score (nSPS) is 16.8. The highest BCUT2D eigenvalue weighted by atomic mass is 35.5. The van der Waals surface area contributed by atoms with E-state index in [0.29, 0.717) is 11.6 Å². The van der Waals surface area contributed by atoms with E-state index < -0.39 is 0 Å². The number of benzene rings is 1. The first kappa shape index (κ1) is 16.3. The highest BCUT2D eigenvalue weighted by Crippen LogP contribution is 2.38. The van der Waals surface area contributed by atoms with Gasteiger partial charge in [0.2, 0.25) is 5.91 Å². The topological polar surface area (TPSA) is 55.1 Å². The van der Waals surface area contributed by atoms with Gasteiger partial charge in [-0.15, -0.1) is 12.4 Å². The lowest BCUT2D eigenvalue weighted by molar-refractivity contribution is -0.124. The Kier molecular flexibility index (Phi) is 5.65. The van der Waals surface area contributed by atoms with Crippen LogP contribution in [0.15, 0.2) is 18.2 Å². The fraction of sp³-hybridized carbons (Fsp3) is 0.500. The van der Waals surface area contributed by atoms with Crippen molar-refractivity contribution in [1.29, 1.82) is 0 Å². The molecule has 1 aliphatic carbocycles. The molecule has 0 radical (unpaired) electrons. The highest BCUT2D eigenvalue weighted by Gasteiger charge is 2.39. The molecule has 1 saturated carbocycles. The summed E-state index contributed by atoms with van der Waals surface area (Å²) in [5, 5.41) is 3.61. The number of aryl methyl sites for hydroxylation is 1. The number of nitrogens with one attached hydrogen (secondary N) is 1. The van der Waals surface area contributed by atoms with Gasteiger partial charge in [-0.1, -0.05) is 30.5 Å². The molecule has 2 rings (SSSR count). The summed E-state index contributed by atoms with van der Waals surface area (Å²) in [5.41, 5.74) is 7.16. The Labute approximate surface area is 125 Å². The van der Waals surface area contributed by atoms with Crippen LogP contribution >= 0.6 is 24.0 Å². The van der Waals surface area contributed by atoms with Crippen molar-refractivity contribution in [3.63, 3.8) is 0 Å². The first-order valence-corrected chi connectivity index (χ1v) is 6.73. The van der Waals surface area contributed by atoms with E-state index in [1.54, 1.807) is 6.07 Å². The molecule has 1 aliphatic rings. The third-order valence-corrected chi connectivity index (χ3v) is 4.27. The van der Waals surface area contributed by atoms with Crippen molar-refractivity contribution >= 4 is 35.6 Å². The van der Waals surface area contributed by atoms with Crippen LogP contribution in [0, 0.1) is 12.3 Å². The maximum absolute atomic E-state index is 12.3. The average molecular weight is 303 g/mol. The second-order valence-corrected chi connectivity index (χ2v) is 5.52. The van der Waals surface area contributed by atoms with Gasteiger partial charge in [0.15, 0.2) is 0 Å². The first-order chi connectivity index (χ1) is 8.57. The standard InChI is InChI=1S/C14H19ClN2O.ClH/c1-10-4-5-11(8-12(10)15)17-13(18)14(9-16)6-2-3-7-14;/h4-5,8H,2-3,6-7,9,16H2,1H3,(H,17,18);1H. The van der Waals surface area contributed by atoms with Crippen LogP contribution in [0.5, 0.6) is 0 Å². The quantitative estimate of drug-likeness (QED) is 0.897. The van der Waals surface area contributed by atoms with E-state index in [9.17, 15) is 4.79 Å². The van der Waals surface area contributed by atoms with Gasteiger partial charge >= 0.3 is 0 Å². The highest BCUT2D eigenvalue weighted by molar-refractivity contribution is 6.31. The summed E-state index contributed by atoms with van der Waals surface area (Å²) >= 11 is 6.05. The van der Waals surface area contributed by atoms with Crippen molar-refractivity contribution in [2.75, 3.05) is 11.9 Å². The fourth-order valence-corrected chi connectivity index (χ4v) is 2.69. The van der Waals surface area contributed by atoms with Crippen molar-refractivity contribution in [3.05, 3.63) is 28.8 Å². The number of carbonyl (C=O) groups excluding carboxylic acids is 1. The Morgan fingerprint density at radius 2 is 2.05 bits per heavy atom. The van der Waals surface area contributed by atoms with Gasteiger partial charge in [0, 0.05) is 17.3 Å². The third-order valence-electron chi connectivity index (χ3n) is 3.86. The van der Waals surface area contributed by atoms with Crippen LogP contribution in [-0.4, -0.2) is 12.5 Å². The van der Waals surface area contributed by atoms with Crippen LogP contribution in [0.1, 0.15) is 31.2 Å². The van der Waals surface area contributed by atoms with E-state index in [1.807, 2.05) is 19.1 Å². The summed E-state index contributed by atoms with van der Waals surface area (Å²) in [6.07, 6.45) is 3.93. The van der Waals surface area contributed by atoms with Crippen molar-refractivity contribution in [1.82, 2.24) is 0 Å². The Bertz CT molecular complexity index is 457. The minimum Gasteiger partial charge on any atom is -0.329 e. The SMILES string of the molecule is Cc1ccc(NC(=O)C2(CN)CCCC2)cc1Cl.Cl. The molecular formula is C14H20Cl2N2O. The van der Waals surface area contributed by atoms with Gasteiger partial charge < -0.3 is 11.1 Å². The van der Waals surface area contributed by atoms with E-state index >= 15 is 0 Å². The second-order valence-electron chi connectivity index (χ2n) is 5.11. The van der Waals surface area contributed by atoms with Crippen molar-refractivity contribution in [2.45, 2.75) is 32.6 Å². The molecular weight excluding hydrogens is 283 g/mol. The fourth-order valence-electron chi connectivity index (χ4n) is 2.51. The molecule has 0 spiro atoms. The summed E-state index contributed by atoms with van der Waals surface area (Å²) in [5.74, 6) is 0.0300. The lowest BCUT2D eigenvalue weighted by Gasteiger charge is -2.25. The number of anilines is 1. The smallest absolute Gasteiger partial charge is 0.231 e. The predicted octanol–water partition coefficient (Wildman–Crippen LogP) is 3.53. The minimum absolute atomic E-state index is 0. The molecule has 0 aromatic heterocycles. The molecule has 0 atom stereocenters. The Hall–Kier alpha value is -0.770. The molecule has 0 unspecified atom stereocenters. The summed E-state index contributed by atoms with van der Waals surface area (Å²) < 4.78 is 0. The van der Waals surface area contributed by atoms with Gasteiger partial charge in [0.25, 0.3) is 0 Å². The Morgan fingerprint density at radius 1 is 1.42 bits per heavy atom. The zero-order valence-corrected chi connectivity index (χ0v) is 12.6. The monoisotopic (exact) mass is 302 g/mol. The van der Waals surface area contributed by atoms with Gasteiger partial charge in [-0.3, -0.25) is 4.79 Å². The zero-order chi connectivity index (χ0) is 13.2. The third kappa shape index (κ3) is 3.41. The molecule has 0 bridgehead atoms. The summed E-state index contributed by atoms with van der Waals surface area (Å²) in [6, 6.07) is 5.56. The van der Waals surface area contributed by atoms with Crippen LogP contribution in [0.3, 0.4) is 0 Å². The number of nitrogens with two attached hydrogens (primary N) is 1. The molecule has 0 aliphatic heterocycles. The van der Waals surface area contributed by atoms with Crippen molar-refractivity contribution in [2.24, 2.45) is 11.1 Å². The van der Waals surface area contributed by atoms with Crippen LogP contribution < -0.4 is 11.1 Å². The van der Waals surface area contributed by atoms with E-state index in [2.05, 4.69) is 5.32 Å². The van der Waals surface area contributed by atoms with Gasteiger partial charge in [-0.2, -0.15) is 0 Å². The van der Waals surface area contributed by atoms with Gasteiger partial charge in [-0.25, -0.2) is 0 Å².